The predicted molar refractivity (Wildman–Crippen MR) is 76.3 cm³/mol. The zero-order valence-electron chi connectivity index (χ0n) is 11.2. The van der Waals surface area contributed by atoms with Crippen LogP contribution >= 0.6 is 11.6 Å². The summed E-state index contributed by atoms with van der Waals surface area (Å²) in [6.07, 6.45) is 5.31. The van der Waals surface area contributed by atoms with E-state index in [0.717, 1.165) is 17.3 Å². The summed E-state index contributed by atoms with van der Waals surface area (Å²) in [5, 5.41) is 3.75. The first-order chi connectivity index (χ1) is 9.19. The summed E-state index contributed by atoms with van der Waals surface area (Å²) in [5.41, 5.74) is 1.44. The molecule has 0 bridgehead atoms. The number of rotatable bonds is 3. The van der Waals surface area contributed by atoms with Gasteiger partial charge in [0, 0.05) is 6.04 Å². The molecule has 0 spiro atoms. The van der Waals surface area contributed by atoms with Gasteiger partial charge in [-0.3, -0.25) is 0 Å². The summed E-state index contributed by atoms with van der Waals surface area (Å²) in [6.45, 7) is 4.57. The zero-order chi connectivity index (χ0) is 13.4. The van der Waals surface area contributed by atoms with E-state index in [0.29, 0.717) is 17.6 Å². The normalized spacial score (nSPS) is 27.0. The molecule has 1 saturated carbocycles. The lowest BCUT2D eigenvalue weighted by atomic mass is 9.93. The molecule has 3 unspecified atom stereocenters. The van der Waals surface area contributed by atoms with Crippen LogP contribution in [0.2, 0.25) is 5.28 Å². The first-order valence-electron chi connectivity index (χ1n) is 6.82. The van der Waals surface area contributed by atoms with Crippen LogP contribution in [0.15, 0.2) is 6.33 Å². The standard InChI is InChI=1S/C13H18ClN5/c1-3-8-4-5-9(7(8)2)17-12-10-11(16-6-15-10)18-13(14)19-12/h6-9H,3-5H2,1-2H3,(H2,15,16,17,18,19). The largest absolute Gasteiger partial charge is 0.365 e. The molecule has 0 saturated heterocycles. The molecule has 2 aromatic rings. The van der Waals surface area contributed by atoms with Crippen LogP contribution in [-0.2, 0) is 0 Å². The second-order valence-electron chi connectivity index (χ2n) is 5.30. The van der Waals surface area contributed by atoms with E-state index in [1.807, 2.05) is 0 Å². The number of aromatic nitrogens is 4. The summed E-state index contributed by atoms with van der Waals surface area (Å²) >= 11 is 5.94. The molecule has 102 valence electrons. The van der Waals surface area contributed by atoms with Crippen molar-refractivity contribution in [3.05, 3.63) is 11.6 Å². The number of aromatic amines is 1. The Balaban J connectivity index is 1.87. The molecular formula is C13H18ClN5. The van der Waals surface area contributed by atoms with Gasteiger partial charge in [-0.2, -0.15) is 9.97 Å². The first-order valence-corrected chi connectivity index (χ1v) is 7.20. The van der Waals surface area contributed by atoms with Crippen molar-refractivity contribution < 1.29 is 0 Å². The van der Waals surface area contributed by atoms with E-state index >= 15 is 0 Å². The molecule has 3 atom stereocenters. The van der Waals surface area contributed by atoms with Crippen molar-refractivity contribution in [1.29, 1.82) is 0 Å². The Morgan fingerprint density at radius 2 is 2.26 bits per heavy atom. The van der Waals surface area contributed by atoms with E-state index in [9.17, 15) is 0 Å². The fourth-order valence-corrected chi connectivity index (χ4v) is 3.28. The minimum atomic E-state index is 0.236. The Morgan fingerprint density at radius 3 is 3.00 bits per heavy atom. The van der Waals surface area contributed by atoms with Crippen LogP contribution in [0, 0.1) is 11.8 Å². The van der Waals surface area contributed by atoms with Crippen LogP contribution in [0.3, 0.4) is 0 Å². The van der Waals surface area contributed by atoms with E-state index in [1.165, 1.54) is 19.3 Å². The van der Waals surface area contributed by atoms with Gasteiger partial charge < -0.3 is 10.3 Å². The summed E-state index contributed by atoms with van der Waals surface area (Å²) in [4.78, 5) is 15.6. The van der Waals surface area contributed by atoms with Crippen molar-refractivity contribution in [2.45, 2.75) is 39.2 Å². The molecule has 1 aliphatic rings. The van der Waals surface area contributed by atoms with Crippen molar-refractivity contribution >= 4 is 28.6 Å². The topological polar surface area (TPSA) is 66.5 Å². The van der Waals surface area contributed by atoms with Gasteiger partial charge in [0.2, 0.25) is 5.28 Å². The van der Waals surface area contributed by atoms with Crippen LogP contribution in [0.4, 0.5) is 5.82 Å². The Bertz CT molecular complexity index is 581. The number of H-pyrrole nitrogens is 1. The molecule has 19 heavy (non-hydrogen) atoms. The summed E-state index contributed by atoms with van der Waals surface area (Å²) in [5.74, 6) is 2.21. The van der Waals surface area contributed by atoms with Gasteiger partial charge in [0.15, 0.2) is 11.5 Å². The third-order valence-electron chi connectivity index (χ3n) is 4.33. The van der Waals surface area contributed by atoms with E-state index in [2.05, 4.69) is 39.1 Å². The zero-order valence-corrected chi connectivity index (χ0v) is 11.9. The third kappa shape index (κ3) is 2.27. The summed E-state index contributed by atoms with van der Waals surface area (Å²) in [7, 11) is 0. The van der Waals surface area contributed by atoms with Crippen LogP contribution in [0.5, 0.6) is 0 Å². The molecule has 5 nitrogen and oxygen atoms in total. The van der Waals surface area contributed by atoms with E-state index in [1.54, 1.807) is 6.33 Å². The van der Waals surface area contributed by atoms with Crippen LogP contribution < -0.4 is 5.32 Å². The maximum absolute atomic E-state index is 5.94. The summed E-state index contributed by atoms with van der Waals surface area (Å²) < 4.78 is 0. The molecule has 0 aromatic carbocycles. The molecule has 3 rings (SSSR count). The Labute approximate surface area is 117 Å². The maximum Gasteiger partial charge on any atom is 0.226 e. The van der Waals surface area contributed by atoms with Crippen molar-refractivity contribution in [2.24, 2.45) is 11.8 Å². The Kier molecular flexibility index (Phi) is 3.31. The molecule has 0 amide bonds. The number of anilines is 1. The minimum absolute atomic E-state index is 0.236. The lowest BCUT2D eigenvalue weighted by Gasteiger charge is -2.21. The molecule has 2 aromatic heterocycles. The van der Waals surface area contributed by atoms with E-state index in [-0.39, 0.29) is 5.28 Å². The highest BCUT2D eigenvalue weighted by Gasteiger charge is 2.32. The fraction of sp³-hybridized carbons (Fsp3) is 0.615. The van der Waals surface area contributed by atoms with Gasteiger partial charge in [0.25, 0.3) is 0 Å². The first kappa shape index (κ1) is 12.7. The molecule has 0 radical (unpaired) electrons. The van der Waals surface area contributed by atoms with Gasteiger partial charge >= 0.3 is 0 Å². The molecule has 2 N–H and O–H groups in total. The van der Waals surface area contributed by atoms with Gasteiger partial charge in [-0.25, -0.2) is 4.98 Å². The molecule has 2 heterocycles. The lowest BCUT2D eigenvalue weighted by Crippen LogP contribution is -2.25. The number of nitrogens with one attached hydrogen (secondary N) is 2. The van der Waals surface area contributed by atoms with Crippen molar-refractivity contribution in [2.75, 3.05) is 5.32 Å². The van der Waals surface area contributed by atoms with Gasteiger partial charge in [-0.1, -0.05) is 20.3 Å². The molecule has 0 aliphatic heterocycles. The maximum atomic E-state index is 5.94. The van der Waals surface area contributed by atoms with Gasteiger partial charge in [-0.05, 0) is 36.3 Å². The number of hydrogen-bond acceptors (Lipinski definition) is 4. The van der Waals surface area contributed by atoms with Gasteiger partial charge in [-0.15, -0.1) is 0 Å². The number of halogens is 1. The number of fused-ring (bicyclic) bond motifs is 1. The fourth-order valence-electron chi connectivity index (χ4n) is 3.11. The number of nitrogens with zero attached hydrogens (tertiary/aromatic N) is 3. The highest BCUT2D eigenvalue weighted by Crippen LogP contribution is 2.36. The Morgan fingerprint density at radius 1 is 1.42 bits per heavy atom. The molecule has 1 aliphatic carbocycles. The third-order valence-corrected chi connectivity index (χ3v) is 4.50. The van der Waals surface area contributed by atoms with Gasteiger partial charge in [0.1, 0.15) is 5.52 Å². The predicted octanol–water partition coefficient (Wildman–Crippen LogP) is 3.24. The highest BCUT2D eigenvalue weighted by molar-refractivity contribution is 6.28. The molecule has 6 heteroatoms. The average molecular weight is 280 g/mol. The van der Waals surface area contributed by atoms with Crippen LogP contribution in [0.1, 0.15) is 33.1 Å². The lowest BCUT2D eigenvalue weighted by molar-refractivity contribution is 0.391. The van der Waals surface area contributed by atoms with Gasteiger partial charge in [0.05, 0.1) is 6.33 Å². The van der Waals surface area contributed by atoms with Crippen molar-refractivity contribution in [3.8, 4) is 0 Å². The summed E-state index contributed by atoms with van der Waals surface area (Å²) in [6, 6.07) is 0.447. The molecule has 1 fully saturated rings. The number of imidazole rings is 1. The Hall–Kier alpha value is -1.36. The smallest absolute Gasteiger partial charge is 0.226 e. The minimum Gasteiger partial charge on any atom is -0.365 e. The number of hydrogen-bond donors (Lipinski definition) is 2. The van der Waals surface area contributed by atoms with Crippen molar-refractivity contribution in [1.82, 2.24) is 19.9 Å². The SMILES string of the molecule is CCC1CCC(Nc2nc(Cl)nc3nc[nH]c23)C1C. The second-order valence-corrected chi connectivity index (χ2v) is 5.64. The highest BCUT2D eigenvalue weighted by atomic mass is 35.5. The quantitative estimate of drug-likeness (QED) is 0.847. The van der Waals surface area contributed by atoms with Crippen LogP contribution in [0.25, 0.3) is 11.2 Å². The van der Waals surface area contributed by atoms with E-state index < -0.39 is 0 Å². The molecular weight excluding hydrogens is 262 g/mol. The van der Waals surface area contributed by atoms with Crippen LogP contribution in [-0.4, -0.2) is 26.0 Å². The van der Waals surface area contributed by atoms with Crippen molar-refractivity contribution in [3.63, 3.8) is 0 Å². The monoisotopic (exact) mass is 279 g/mol. The second kappa shape index (κ2) is 4.96. The van der Waals surface area contributed by atoms with E-state index in [4.69, 9.17) is 11.6 Å². The average Bonchev–Trinajstić information content (AvgIpc) is 2.97.